The molecule has 3 N–H and O–H groups in total. The van der Waals surface area contributed by atoms with Crippen molar-refractivity contribution in [3.05, 3.63) is 29.6 Å². The van der Waals surface area contributed by atoms with Gasteiger partial charge in [0.15, 0.2) is 0 Å². The van der Waals surface area contributed by atoms with Crippen LogP contribution in [-0.4, -0.2) is 24.3 Å². The number of aliphatic hydroxyl groups excluding tert-OH is 1. The molecule has 18 heavy (non-hydrogen) atoms. The van der Waals surface area contributed by atoms with Crippen molar-refractivity contribution in [1.82, 2.24) is 0 Å². The lowest BCUT2D eigenvalue weighted by Gasteiger charge is -2.30. The van der Waals surface area contributed by atoms with Gasteiger partial charge in [-0.25, -0.2) is 4.39 Å². The van der Waals surface area contributed by atoms with Gasteiger partial charge < -0.3 is 15.7 Å². The number of benzene rings is 1. The van der Waals surface area contributed by atoms with Crippen LogP contribution < -0.4 is 10.6 Å². The normalized spacial score (nSPS) is 25.5. The van der Waals surface area contributed by atoms with E-state index in [9.17, 15) is 9.50 Å². The zero-order chi connectivity index (χ0) is 13.3. The van der Waals surface area contributed by atoms with Crippen LogP contribution in [0.25, 0.3) is 0 Å². The molecule has 1 heterocycles. The molecule has 0 bridgehead atoms. The molecule has 3 unspecified atom stereocenters. The Kier molecular flexibility index (Phi) is 3.88. The summed E-state index contributed by atoms with van der Waals surface area (Å²) in [7, 11) is 0. The summed E-state index contributed by atoms with van der Waals surface area (Å²) in [6, 6.07) is 4.77. The molecule has 4 heteroatoms. The lowest BCUT2D eigenvalue weighted by atomic mass is 10.0. The molecule has 2 rings (SSSR count). The molecule has 3 nitrogen and oxygen atoms in total. The van der Waals surface area contributed by atoms with Gasteiger partial charge in [0.05, 0.1) is 18.3 Å². The van der Waals surface area contributed by atoms with Crippen LogP contribution in [-0.2, 0) is 0 Å². The number of aliphatic hydroxyl groups is 1. The predicted molar refractivity (Wildman–Crippen MR) is 71.0 cm³/mol. The van der Waals surface area contributed by atoms with Crippen LogP contribution in [0.5, 0.6) is 0 Å². The molecule has 3 atom stereocenters. The van der Waals surface area contributed by atoms with Crippen LogP contribution in [0.15, 0.2) is 18.2 Å². The molecule has 0 saturated carbocycles. The highest BCUT2D eigenvalue weighted by Crippen LogP contribution is 2.35. The highest BCUT2D eigenvalue weighted by atomic mass is 19.1. The van der Waals surface area contributed by atoms with Crippen molar-refractivity contribution in [3.8, 4) is 0 Å². The third-order valence-electron chi connectivity index (χ3n) is 3.87. The SMILES string of the molecule is CC(N)c1cccc(F)c1N1CCC(C)C1CO. The minimum atomic E-state index is -0.252. The fourth-order valence-corrected chi connectivity index (χ4v) is 2.77. The number of halogens is 1. The van der Waals surface area contributed by atoms with Gasteiger partial charge in [-0.2, -0.15) is 0 Å². The summed E-state index contributed by atoms with van der Waals surface area (Å²) in [6.45, 7) is 4.76. The molecule has 1 saturated heterocycles. The first-order valence-electron chi connectivity index (χ1n) is 6.47. The number of hydrogen-bond acceptors (Lipinski definition) is 3. The van der Waals surface area contributed by atoms with Crippen LogP contribution in [0, 0.1) is 11.7 Å². The second-order valence-corrected chi connectivity index (χ2v) is 5.18. The monoisotopic (exact) mass is 252 g/mol. The van der Waals surface area contributed by atoms with E-state index in [1.54, 1.807) is 6.07 Å². The van der Waals surface area contributed by atoms with E-state index >= 15 is 0 Å². The van der Waals surface area contributed by atoms with Crippen LogP contribution in [0.1, 0.15) is 31.9 Å². The minimum Gasteiger partial charge on any atom is -0.394 e. The Morgan fingerprint density at radius 3 is 2.89 bits per heavy atom. The first-order chi connectivity index (χ1) is 8.56. The number of hydrogen-bond donors (Lipinski definition) is 2. The van der Waals surface area contributed by atoms with Gasteiger partial charge in [-0.05, 0) is 30.9 Å². The first-order valence-corrected chi connectivity index (χ1v) is 6.47. The summed E-state index contributed by atoms with van der Waals surface area (Å²) in [4.78, 5) is 1.97. The van der Waals surface area contributed by atoms with E-state index in [1.165, 1.54) is 6.07 Å². The summed E-state index contributed by atoms with van der Waals surface area (Å²) in [5, 5.41) is 9.49. The molecule has 1 aliphatic heterocycles. The second-order valence-electron chi connectivity index (χ2n) is 5.18. The zero-order valence-electron chi connectivity index (χ0n) is 10.9. The Hall–Kier alpha value is -1.13. The summed E-state index contributed by atoms with van der Waals surface area (Å²) in [5.41, 5.74) is 7.29. The Balaban J connectivity index is 2.44. The van der Waals surface area contributed by atoms with Gasteiger partial charge >= 0.3 is 0 Å². The summed E-state index contributed by atoms with van der Waals surface area (Å²) < 4.78 is 14.1. The van der Waals surface area contributed by atoms with Crippen molar-refractivity contribution in [1.29, 1.82) is 0 Å². The molecule has 1 aromatic carbocycles. The fraction of sp³-hybridized carbons (Fsp3) is 0.571. The summed E-state index contributed by atoms with van der Waals surface area (Å²) in [5.74, 6) is 0.118. The molecule has 1 aliphatic rings. The third kappa shape index (κ3) is 2.22. The lowest BCUT2D eigenvalue weighted by molar-refractivity contribution is 0.244. The van der Waals surface area contributed by atoms with E-state index in [0.29, 0.717) is 11.6 Å². The molecule has 0 amide bonds. The van der Waals surface area contributed by atoms with Gasteiger partial charge in [0.1, 0.15) is 5.82 Å². The Morgan fingerprint density at radius 2 is 2.28 bits per heavy atom. The minimum absolute atomic E-state index is 0.0144. The van der Waals surface area contributed by atoms with E-state index in [4.69, 9.17) is 5.73 Å². The Bertz CT molecular complexity index is 422. The number of nitrogens with zero attached hydrogens (tertiary/aromatic N) is 1. The molecule has 0 aliphatic carbocycles. The molecular weight excluding hydrogens is 231 g/mol. The van der Waals surface area contributed by atoms with Gasteiger partial charge in [0, 0.05) is 12.6 Å². The van der Waals surface area contributed by atoms with Crippen molar-refractivity contribution in [2.24, 2.45) is 11.7 Å². The molecule has 0 aromatic heterocycles. The van der Waals surface area contributed by atoms with E-state index < -0.39 is 0 Å². The molecular formula is C14H21FN2O. The number of nitrogens with two attached hydrogens (primary N) is 1. The summed E-state index contributed by atoms with van der Waals surface area (Å²) in [6.07, 6.45) is 0.970. The van der Waals surface area contributed by atoms with Crippen molar-refractivity contribution in [3.63, 3.8) is 0 Å². The zero-order valence-corrected chi connectivity index (χ0v) is 10.9. The van der Waals surface area contributed by atoms with Crippen molar-refractivity contribution >= 4 is 5.69 Å². The van der Waals surface area contributed by atoms with Crippen molar-refractivity contribution in [2.45, 2.75) is 32.4 Å². The van der Waals surface area contributed by atoms with E-state index in [1.807, 2.05) is 17.9 Å². The Morgan fingerprint density at radius 1 is 1.56 bits per heavy atom. The second kappa shape index (κ2) is 5.24. The van der Waals surface area contributed by atoms with Crippen molar-refractivity contribution < 1.29 is 9.50 Å². The van der Waals surface area contributed by atoms with Gasteiger partial charge in [0.2, 0.25) is 0 Å². The topological polar surface area (TPSA) is 49.5 Å². The largest absolute Gasteiger partial charge is 0.394 e. The molecule has 0 spiro atoms. The fourth-order valence-electron chi connectivity index (χ4n) is 2.77. The van der Waals surface area contributed by atoms with E-state index in [2.05, 4.69) is 6.92 Å². The molecule has 1 fully saturated rings. The van der Waals surface area contributed by atoms with Crippen molar-refractivity contribution in [2.75, 3.05) is 18.1 Å². The number of para-hydroxylation sites is 1. The number of anilines is 1. The van der Waals surface area contributed by atoms with Crippen LogP contribution in [0.4, 0.5) is 10.1 Å². The molecule has 100 valence electrons. The van der Waals surface area contributed by atoms with Gasteiger partial charge in [-0.15, -0.1) is 0 Å². The first kappa shape index (κ1) is 13.3. The quantitative estimate of drug-likeness (QED) is 0.865. The molecule has 1 aromatic rings. The van der Waals surface area contributed by atoms with E-state index in [-0.39, 0.29) is 24.5 Å². The highest BCUT2D eigenvalue weighted by molar-refractivity contribution is 5.57. The smallest absolute Gasteiger partial charge is 0.146 e. The van der Waals surface area contributed by atoms with Crippen LogP contribution in [0.2, 0.25) is 0 Å². The maximum absolute atomic E-state index is 14.1. The predicted octanol–water partition coefficient (Wildman–Crippen LogP) is 2.05. The van der Waals surface area contributed by atoms with Gasteiger partial charge in [-0.1, -0.05) is 19.1 Å². The van der Waals surface area contributed by atoms with Crippen LogP contribution >= 0.6 is 0 Å². The third-order valence-corrected chi connectivity index (χ3v) is 3.87. The van der Waals surface area contributed by atoms with Gasteiger partial charge in [0.25, 0.3) is 0 Å². The lowest BCUT2D eigenvalue weighted by Crippen LogP contribution is -2.36. The average molecular weight is 252 g/mol. The standard InChI is InChI=1S/C14H21FN2O/c1-9-6-7-17(13(9)8-18)14-11(10(2)16)4-3-5-12(14)15/h3-5,9-10,13,18H,6-8,16H2,1-2H3. The van der Waals surface area contributed by atoms with Crippen LogP contribution in [0.3, 0.4) is 0 Å². The number of rotatable bonds is 3. The molecule has 0 radical (unpaired) electrons. The Labute approximate surface area is 107 Å². The van der Waals surface area contributed by atoms with E-state index in [0.717, 1.165) is 18.5 Å². The summed E-state index contributed by atoms with van der Waals surface area (Å²) >= 11 is 0. The average Bonchev–Trinajstić information content (AvgIpc) is 2.69. The maximum atomic E-state index is 14.1. The van der Waals surface area contributed by atoms with Gasteiger partial charge in [-0.3, -0.25) is 0 Å². The highest BCUT2D eigenvalue weighted by Gasteiger charge is 2.33. The maximum Gasteiger partial charge on any atom is 0.146 e.